The van der Waals surface area contributed by atoms with E-state index in [1.54, 1.807) is 17.6 Å². The number of fused-ring (bicyclic) bond motifs is 1. The summed E-state index contributed by atoms with van der Waals surface area (Å²) >= 11 is 0. The Kier molecular flexibility index (Phi) is 6.31. The van der Waals surface area contributed by atoms with E-state index in [9.17, 15) is 27.5 Å². The van der Waals surface area contributed by atoms with Gasteiger partial charge in [0.05, 0.1) is 16.9 Å². The average molecular weight is 486 g/mol. The minimum absolute atomic E-state index is 0.0160. The Morgan fingerprint density at radius 1 is 1.15 bits per heavy atom. The van der Waals surface area contributed by atoms with E-state index in [0.717, 1.165) is 12.1 Å². The van der Waals surface area contributed by atoms with Crippen molar-refractivity contribution in [3.63, 3.8) is 0 Å². The number of ether oxygens (including phenoxy) is 1. The Hall–Kier alpha value is -3.46. The third-order valence-corrected chi connectivity index (χ3v) is 8.07. The maximum absolute atomic E-state index is 13.4. The van der Waals surface area contributed by atoms with Gasteiger partial charge < -0.3 is 14.4 Å². The molecule has 7 nitrogen and oxygen atoms in total. The molecule has 0 aliphatic heterocycles. The van der Waals surface area contributed by atoms with Crippen molar-refractivity contribution in [2.24, 2.45) is 0 Å². The summed E-state index contributed by atoms with van der Waals surface area (Å²) in [5.74, 6) is -1.20. The van der Waals surface area contributed by atoms with Crippen LogP contribution in [0.5, 0.6) is 5.75 Å². The first-order valence-electron chi connectivity index (χ1n) is 10.8. The van der Waals surface area contributed by atoms with Gasteiger partial charge in [0.2, 0.25) is 9.84 Å². The number of carbonyl (C=O) groups excluding carboxylic acids is 1. The Balaban J connectivity index is 1.88. The van der Waals surface area contributed by atoms with Crippen LogP contribution in [0.25, 0.3) is 0 Å². The largest absolute Gasteiger partial charge is 0.497 e. The monoisotopic (exact) mass is 485 g/mol. The number of hydrogen-bond donors (Lipinski definition) is 1. The molecule has 0 atom stereocenters. The van der Waals surface area contributed by atoms with E-state index < -0.39 is 21.6 Å². The van der Waals surface area contributed by atoms with Crippen molar-refractivity contribution in [2.75, 3.05) is 7.11 Å². The number of carboxylic acids is 1. The molecule has 0 saturated carbocycles. The fourth-order valence-corrected chi connectivity index (χ4v) is 6.04. The van der Waals surface area contributed by atoms with Crippen molar-refractivity contribution in [2.45, 2.75) is 48.9 Å². The van der Waals surface area contributed by atoms with Crippen LogP contribution in [0.1, 0.15) is 45.7 Å². The molecule has 1 heterocycles. The van der Waals surface area contributed by atoms with Crippen LogP contribution < -0.4 is 4.74 Å². The number of sulfone groups is 1. The number of carbonyl (C=O) groups is 2. The van der Waals surface area contributed by atoms with Crippen LogP contribution in [-0.2, 0) is 34.0 Å². The molecule has 178 valence electrons. The molecule has 0 unspecified atom stereocenters. The number of Topliss-reactive ketones (excluding diaryl/α,β-unsaturated/α-hetero) is 1. The van der Waals surface area contributed by atoms with Crippen molar-refractivity contribution in [3.05, 3.63) is 76.4 Å². The molecule has 0 saturated heterocycles. The predicted molar refractivity (Wildman–Crippen MR) is 122 cm³/mol. The fourth-order valence-electron chi connectivity index (χ4n) is 4.57. The Labute approximate surface area is 196 Å². The maximum Gasteiger partial charge on any atom is 0.323 e. The number of halogens is 1. The summed E-state index contributed by atoms with van der Waals surface area (Å²) in [7, 11) is -2.53. The van der Waals surface area contributed by atoms with Crippen LogP contribution >= 0.6 is 0 Å². The lowest BCUT2D eigenvalue weighted by Crippen LogP contribution is -2.17. The molecule has 0 bridgehead atoms. The zero-order valence-electron chi connectivity index (χ0n) is 18.8. The van der Waals surface area contributed by atoms with E-state index >= 15 is 0 Å². The normalized spacial score (nSPS) is 13.6. The van der Waals surface area contributed by atoms with Gasteiger partial charge in [-0.05, 0) is 73.4 Å². The zero-order chi connectivity index (χ0) is 24.6. The number of benzene rings is 2. The summed E-state index contributed by atoms with van der Waals surface area (Å²) in [5, 5.41) is 9.39. The van der Waals surface area contributed by atoms with Crippen LogP contribution in [0, 0.1) is 12.7 Å². The van der Waals surface area contributed by atoms with Gasteiger partial charge in [-0.25, -0.2) is 12.8 Å². The first kappa shape index (κ1) is 23.7. The summed E-state index contributed by atoms with van der Waals surface area (Å²) in [6, 6.07) is 9.15. The molecule has 9 heteroatoms. The van der Waals surface area contributed by atoms with Gasteiger partial charge >= 0.3 is 5.97 Å². The summed E-state index contributed by atoms with van der Waals surface area (Å²) in [4.78, 5) is 24.3. The van der Waals surface area contributed by atoms with E-state index in [1.165, 1.54) is 31.4 Å². The SMILES string of the molecule is COc1ccc(S(=O)(=O)c2ccc(F)cc2)c(Cc2c3c(n(CC(=O)O)c2C)CCCC3=O)c1. The van der Waals surface area contributed by atoms with Crippen LogP contribution in [0.3, 0.4) is 0 Å². The number of rotatable bonds is 7. The molecular weight excluding hydrogens is 461 g/mol. The molecule has 0 spiro atoms. The second-order valence-corrected chi connectivity index (χ2v) is 10.2. The lowest BCUT2D eigenvalue weighted by atomic mass is 9.90. The van der Waals surface area contributed by atoms with Gasteiger partial charge in [0.15, 0.2) is 5.78 Å². The second-order valence-electron chi connectivity index (χ2n) is 8.25. The number of nitrogens with zero attached hydrogens (tertiary/aromatic N) is 1. The molecule has 4 rings (SSSR count). The molecule has 1 aromatic heterocycles. The van der Waals surface area contributed by atoms with E-state index in [4.69, 9.17) is 4.74 Å². The van der Waals surface area contributed by atoms with Gasteiger partial charge in [0.1, 0.15) is 18.1 Å². The van der Waals surface area contributed by atoms with E-state index in [0.29, 0.717) is 53.1 Å². The smallest absolute Gasteiger partial charge is 0.323 e. The van der Waals surface area contributed by atoms with Crippen molar-refractivity contribution in [1.82, 2.24) is 4.57 Å². The molecule has 1 N–H and O–H groups in total. The van der Waals surface area contributed by atoms with Gasteiger partial charge in [0.25, 0.3) is 0 Å². The first-order valence-corrected chi connectivity index (χ1v) is 12.2. The van der Waals surface area contributed by atoms with Gasteiger partial charge in [-0.2, -0.15) is 0 Å². The molecule has 3 aromatic rings. The summed E-state index contributed by atoms with van der Waals surface area (Å²) < 4.78 is 47.2. The highest BCUT2D eigenvalue weighted by Crippen LogP contribution is 2.35. The Bertz CT molecular complexity index is 1390. The number of ketones is 1. The summed E-state index contributed by atoms with van der Waals surface area (Å²) in [6.07, 6.45) is 1.67. The average Bonchev–Trinajstić information content (AvgIpc) is 3.05. The zero-order valence-corrected chi connectivity index (χ0v) is 19.6. The third-order valence-electron chi connectivity index (χ3n) is 6.20. The highest BCUT2D eigenvalue weighted by molar-refractivity contribution is 7.91. The van der Waals surface area contributed by atoms with Crippen molar-refractivity contribution < 1.29 is 32.2 Å². The quantitative estimate of drug-likeness (QED) is 0.508. The van der Waals surface area contributed by atoms with Crippen LogP contribution in [0.2, 0.25) is 0 Å². The molecule has 1 aliphatic rings. The highest BCUT2D eigenvalue weighted by atomic mass is 32.2. The van der Waals surface area contributed by atoms with Crippen molar-refractivity contribution in [1.29, 1.82) is 0 Å². The van der Waals surface area contributed by atoms with Crippen LogP contribution in [0.15, 0.2) is 52.3 Å². The number of aliphatic carboxylic acids is 1. The summed E-state index contributed by atoms with van der Waals surface area (Å²) in [5.41, 5.74) is 2.80. The molecule has 2 aromatic carbocycles. The standard InChI is InChI=1S/C25H24FNO6S/c1-15-20(25-21(4-3-5-22(25)28)27(15)14-24(29)30)13-16-12-18(33-2)8-11-23(16)34(31,32)19-9-6-17(26)7-10-19/h6-12H,3-5,13-14H2,1-2H3,(H,29,30). The van der Waals surface area contributed by atoms with E-state index in [1.807, 2.05) is 0 Å². The predicted octanol–water partition coefficient (Wildman–Crippen LogP) is 3.97. The number of hydrogen-bond acceptors (Lipinski definition) is 5. The van der Waals surface area contributed by atoms with Gasteiger partial charge in [0, 0.05) is 29.8 Å². The Morgan fingerprint density at radius 3 is 2.50 bits per heavy atom. The van der Waals surface area contributed by atoms with Crippen LogP contribution in [0.4, 0.5) is 4.39 Å². The molecule has 1 aliphatic carbocycles. The lowest BCUT2D eigenvalue weighted by Gasteiger charge is -2.15. The lowest BCUT2D eigenvalue weighted by molar-refractivity contribution is -0.137. The van der Waals surface area contributed by atoms with Crippen molar-refractivity contribution in [3.8, 4) is 5.75 Å². The molecule has 0 fully saturated rings. The topological polar surface area (TPSA) is 103 Å². The number of methoxy groups -OCH3 is 1. The highest BCUT2D eigenvalue weighted by Gasteiger charge is 2.30. The first-order chi connectivity index (χ1) is 16.1. The molecule has 0 amide bonds. The summed E-state index contributed by atoms with van der Waals surface area (Å²) in [6.45, 7) is 1.47. The molecule has 34 heavy (non-hydrogen) atoms. The van der Waals surface area contributed by atoms with E-state index in [-0.39, 0.29) is 28.5 Å². The van der Waals surface area contributed by atoms with Crippen LogP contribution in [-0.4, -0.2) is 37.0 Å². The number of aromatic nitrogens is 1. The van der Waals surface area contributed by atoms with Crippen molar-refractivity contribution >= 4 is 21.6 Å². The third kappa shape index (κ3) is 4.23. The Morgan fingerprint density at radius 2 is 1.85 bits per heavy atom. The van der Waals surface area contributed by atoms with Gasteiger partial charge in [-0.3, -0.25) is 9.59 Å². The fraction of sp³-hybridized carbons (Fsp3) is 0.280. The molecular formula is C25H24FNO6S. The minimum atomic E-state index is -4.00. The number of carboxylic acid groups (broad SMARTS) is 1. The molecule has 0 radical (unpaired) electrons. The second kappa shape index (κ2) is 9.06. The maximum atomic E-state index is 13.4. The van der Waals surface area contributed by atoms with Gasteiger partial charge in [-0.1, -0.05) is 0 Å². The van der Waals surface area contributed by atoms with Gasteiger partial charge in [-0.15, -0.1) is 0 Å². The minimum Gasteiger partial charge on any atom is -0.497 e. The van der Waals surface area contributed by atoms with E-state index in [2.05, 4.69) is 0 Å².